The monoisotopic (exact) mass is 395 g/mol. The Bertz CT molecular complexity index is 715. The second-order valence-corrected chi connectivity index (χ2v) is 7.14. The van der Waals surface area contributed by atoms with Crippen molar-refractivity contribution in [3.05, 3.63) is 60.3 Å². The van der Waals surface area contributed by atoms with Gasteiger partial charge >= 0.3 is 0 Å². The zero-order chi connectivity index (χ0) is 20.2. The number of piperazine rings is 1. The number of rotatable bonds is 9. The Morgan fingerprint density at radius 1 is 1.03 bits per heavy atom. The molecule has 3 rings (SSSR count). The number of ether oxygens (including phenoxy) is 1. The summed E-state index contributed by atoms with van der Waals surface area (Å²) in [5.41, 5.74) is 1.23. The molecule has 0 aliphatic carbocycles. The summed E-state index contributed by atoms with van der Waals surface area (Å²) in [5.74, 6) is 2.09. The zero-order valence-corrected chi connectivity index (χ0v) is 17.5. The van der Waals surface area contributed by atoms with Gasteiger partial charge in [0.05, 0.1) is 6.61 Å². The molecular weight excluding hydrogens is 362 g/mol. The lowest BCUT2D eigenvalue weighted by atomic mass is 10.2. The highest BCUT2D eigenvalue weighted by Gasteiger charge is 2.20. The van der Waals surface area contributed by atoms with Crippen molar-refractivity contribution in [2.24, 2.45) is 4.99 Å². The number of pyridine rings is 1. The number of guanidine groups is 1. The molecule has 1 fully saturated rings. The minimum Gasteiger partial charge on any atom is -0.377 e. The third-order valence-electron chi connectivity index (χ3n) is 4.96. The van der Waals surface area contributed by atoms with Crippen LogP contribution in [0, 0.1) is 0 Å². The Labute approximate surface area is 174 Å². The van der Waals surface area contributed by atoms with Crippen molar-refractivity contribution in [2.75, 3.05) is 50.8 Å². The molecule has 0 amide bonds. The maximum absolute atomic E-state index is 5.76. The summed E-state index contributed by atoms with van der Waals surface area (Å²) < 4.78 is 5.76. The number of nitrogens with one attached hydrogen (secondary N) is 1. The number of nitrogens with zero attached hydrogens (tertiary/aromatic N) is 4. The van der Waals surface area contributed by atoms with Crippen LogP contribution in [0.3, 0.4) is 0 Å². The van der Waals surface area contributed by atoms with Crippen LogP contribution in [-0.2, 0) is 11.3 Å². The first-order chi connectivity index (χ1) is 14.4. The minimum absolute atomic E-state index is 0.688. The number of hydrogen-bond donors (Lipinski definition) is 1. The van der Waals surface area contributed by atoms with Crippen LogP contribution in [0.4, 0.5) is 5.82 Å². The van der Waals surface area contributed by atoms with Crippen LogP contribution in [0.1, 0.15) is 25.3 Å². The molecule has 1 aromatic carbocycles. The summed E-state index contributed by atoms with van der Waals surface area (Å²) in [5, 5.41) is 3.44. The van der Waals surface area contributed by atoms with Crippen LogP contribution in [0.5, 0.6) is 0 Å². The topological polar surface area (TPSA) is 53.0 Å². The molecule has 2 aromatic rings. The van der Waals surface area contributed by atoms with Crippen molar-refractivity contribution in [1.29, 1.82) is 0 Å². The predicted molar refractivity (Wildman–Crippen MR) is 119 cm³/mol. The molecule has 1 N–H and O–H groups in total. The molecule has 0 radical (unpaired) electrons. The van der Waals surface area contributed by atoms with Crippen molar-refractivity contribution >= 4 is 11.8 Å². The minimum atomic E-state index is 0.688. The maximum atomic E-state index is 5.76. The number of benzene rings is 1. The highest BCUT2D eigenvalue weighted by Crippen LogP contribution is 2.12. The van der Waals surface area contributed by atoms with E-state index in [1.54, 1.807) is 0 Å². The van der Waals surface area contributed by atoms with Crippen molar-refractivity contribution in [1.82, 2.24) is 15.2 Å². The van der Waals surface area contributed by atoms with Crippen LogP contribution in [-0.4, -0.2) is 61.7 Å². The third-order valence-corrected chi connectivity index (χ3v) is 4.96. The van der Waals surface area contributed by atoms with E-state index in [4.69, 9.17) is 9.73 Å². The molecule has 1 aliphatic heterocycles. The fourth-order valence-electron chi connectivity index (χ4n) is 3.38. The molecule has 0 atom stereocenters. The molecule has 0 bridgehead atoms. The van der Waals surface area contributed by atoms with Gasteiger partial charge in [-0.3, -0.25) is 4.99 Å². The largest absolute Gasteiger partial charge is 0.377 e. The maximum Gasteiger partial charge on any atom is 0.194 e. The Morgan fingerprint density at radius 3 is 2.55 bits per heavy atom. The SMILES string of the molecule is CCNC(=NCCCCOCc1ccccc1)N1CCN(c2ccccn2)CC1. The van der Waals surface area contributed by atoms with E-state index in [9.17, 15) is 0 Å². The number of aliphatic imine (C=N–C) groups is 1. The quantitative estimate of drug-likeness (QED) is 0.402. The molecule has 156 valence electrons. The van der Waals surface area contributed by atoms with Crippen molar-refractivity contribution in [3.8, 4) is 0 Å². The van der Waals surface area contributed by atoms with E-state index in [1.807, 2.05) is 36.5 Å². The van der Waals surface area contributed by atoms with Gasteiger partial charge in [0, 0.05) is 52.1 Å². The summed E-state index contributed by atoms with van der Waals surface area (Å²) in [6.07, 6.45) is 3.93. The lowest BCUT2D eigenvalue weighted by Crippen LogP contribution is -2.52. The van der Waals surface area contributed by atoms with Gasteiger partial charge in [0.2, 0.25) is 0 Å². The lowest BCUT2D eigenvalue weighted by molar-refractivity contribution is 0.117. The smallest absolute Gasteiger partial charge is 0.194 e. The van der Waals surface area contributed by atoms with Gasteiger partial charge in [-0.1, -0.05) is 36.4 Å². The van der Waals surface area contributed by atoms with Crippen LogP contribution in [0.2, 0.25) is 0 Å². The van der Waals surface area contributed by atoms with E-state index in [-0.39, 0.29) is 0 Å². The number of hydrogen-bond acceptors (Lipinski definition) is 4. The highest BCUT2D eigenvalue weighted by atomic mass is 16.5. The summed E-state index contributed by atoms with van der Waals surface area (Å²) in [6.45, 7) is 9.17. The van der Waals surface area contributed by atoms with Crippen LogP contribution < -0.4 is 10.2 Å². The molecule has 0 spiro atoms. The van der Waals surface area contributed by atoms with Gasteiger partial charge in [-0.15, -0.1) is 0 Å². The van der Waals surface area contributed by atoms with Crippen molar-refractivity contribution in [3.63, 3.8) is 0 Å². The van der Waals surface area contributed by atoms with E-state index < -0.39 is 0 Å². The zero-order valence-electron chi connectivity index (χ0n) is 17.5. The molecule has 2 heterocycles. The van der Waals surface area contributed by atoms with Gasteiger partial charge in [-0.25, -0.2) is 4.98 Å². The number of aromatic nitrogens is 1. The fourth-order valence-corrected chi connectivity index (χ4v) is 3.38. The normalized spacial score (nSPS) is 14.9. The van der Waals surface area contributed by atoms with E-state index >= 15 is 0 Å². The van der Waals surface area contributed by atoms with Crippen molar-refractivity contribution < 1.29 is 4.74 Å². The average molecular weight is 396 g/mol. The fraction of sp³-hybridized carbons (Fsp3) is 0.478. The standard InChI is InChI=1S/C23H33N5O/c1-2-24-23(26-14-8-9-19-29-20-21-10-4-3-5-11-21)28-17-15-27(16-18-28)22-12-6-7-13-25-22/h3-7,10-13H,2,8-9,14-20H2,1H3,(H,24,26). The Kier molecular flexibility index (Phi) is 8.79. The lowest BCUT2D eigenvalue weighted by Gasteiger charge is -2.37. The summed E-state index contributed by atoms with van der Waals surface area (Å²) >= 11 is 0. The first-order valence-electron chi connectivity index (χ1n) is 10.7. The molecule has 6 heteroatoms. The summed E-state index contributed by atoms with van der Waals surface area (Å²) in [4.78, 5) is 14.0. The molecule has 0 unspecified atom stereocenters. The molecule has 1 aliphatic rings. The second-order valence-electron chi connectivity index (χ2n) is 7.14. The van der Waals surface area contributed by atoms with Gasteiger partial charge in [0.25, 0.3) is 0 Å². The highest BCUT2D eigenvalue weighted by molar-refractivity contribution is 5.80. The number of unbranched alkanes of at least 4 members (excludes halogenated alkanes) is 1. The van der Waals surface area contributed by atoms with E-state index in [1.165, 1.54) is 5.56 Å². The summed E-state index contributed by atoms with van der Waals surface area (Å²) in [6, 6.07) is 16.4. The van der Waals surface area contributed by atoms with Gasteiger partial charge in [-0.05, 0) is 37.5 Å². The molecule has 29 heavy (non-hydrogen) atoms. The van der Waals surface area contributed by atoms with E-state index in [2.05, 4.69) is 45.2 Å². The first-order valence-corrected chi connectivity index (χ1v) is 10.7. The summed E-state index contributed by atoms with van der Waals surface area (Å²) in [7, 11) is 0. The molecule has 1 saturated heterocycles. The van der Waals surface area contributed by atoms with Gasteiger partial charge < -0.3 is 19.9 Å². The Hall–Kier alpha value is -2.60. The van der Waals surface area contributed by atoms with E-state index in [0.29, 0.717) is 6.61 Å². The predicted octanol–water partition coefficient (Wildman–Crippen LogP) is 3.17. The first kappa shape index (κ1) is 21.1. The molecule has 6 nitrogen and oxygen atoms in total. The van der Waals surface area contributed by atoms with Gasteiger partial charge in [0.1, 0.15) is 5.82 Å². The van der Waals surface area contributed by atoms with Crippen LogP contribution in [0.15, 0.2) is 59.7 Å². The van der Waals surface area contributed by atoms with Gasteiger partial charge in [0.15, 0.2) is 5.96 Å². The second kappa shape index (κ2) is 12.1. The molecular formula is C23H33N5O. The van der Waals surface area contributed by atoms with E-state index in [0.717, 1.165) is 70.5 Å². The Balaban J connectivity index is 1.36. The Morgan fingerprint density at radius 2 is 1.83 bits per heavy atom. The molecule has 1 aromatic heterocycles. The average Bonchev–Trinajstić information content (AvgIpc) is 2.79. The van der Waals surface area contributed by atoms with Crippen LogP contribution >= 0.6 is 0 Å². The third kappa shape index (κ3) is 7.06. The van der Waals surface area contributed by atoms with Crippen LogP contribution in [0.25, 0.3) is 0 Å². The van der Waals surface area contributed by atoms with Crippen molar-refractivity contribution in [2.45, 2.75) is 26.4 Å². The molecule has 0 saturated carbocycles. The number of anilines is 1. The van der Waals surface area contributed by atoms with Gasteiger partial charge in [-0.2, -0.15) is 0 Å².